The van der Waals surface area contributed by atoms with Crippen LogP contribution in [0.5, 0.6) is 0 Å². The van der Waals surface area contributed by atoms with E-state index in [1.165, 1.54) is 4.31 Å². The van der Waals surface area contributed by atoms with Crippen molar-refractivity contribution in [2.45, 2.75) is 11.8 Å². The van der Waals surface area contributed by atoms with E-state index in [1.807, 2.05) is 0 Å². The summed E-state index contributed by atoms with van der Waals surface area (Å²) in [4.78, 5) is 12.9. The zero-order valence-corrected chi connectivity index (χ0v) is 10.8. The molecule has 0 radical (unpaired) electrons. The Hall–Kier alpha value is -0.180. The van der Waals surface area contributed by atoms with Gasteiger partial charge in [-0.05, 0) is 6.92 Å². The lowest BCUT2D eigenvalue weighted by Gasteiger charge is -2.33. The predicted octanol–water partition coefficient (Wildman–Crippen LogP) is -0.882. The third kappa shape index (κ3) is 3.40. The van der Waals surface area contributed by atoms with E-state index in [4.69, 9.17) is 5.14 Å². The lowest BCUT2D eigenvalue weighted by atomic mass is 10.3. The highest BCUT2D eigenvalue weighted by Crippen LogP contribution is 2.09. The summed E-state index contributed by atoms with van der Waals surface area (Å²) in [6, 6.07) is 0. The molecule has 1 aliphatic heterocycles. The SMILES string of the molecule is CC(Br)C(=O)N1CCN(S(N)(=O)=O)CC1. The lowest BCUT2D eigenvalue weighted by molar-refractivity contribution is -0.131. The molecule has 0 saturated carbocycles. The fourth-order valence-corrected chi connectivity index (χ4v) is 2.38. The van der Waals surface area contributed by atoms with Gasteiger partial charge in [0, 0.05) is 26.2 Å². The van der Waals surface area contributed by atoms with Gasteiger partial charge in [-0.3, -0.25) is 4.79 Å². The van der Waals surface area contributed by atoms with Crippen molar-refractivity contribution in [3.8, 4) is 0 Å². The van der Waals surface area contributed by atoms with Crippen molar-refractivity contribution in [3.05, 3.63) is 0 Å². The molecule has 0 aromatic heterocycles. The molecule has 88 valence electrons. The van der Waals surface area contributed by atoms with E-state index < -0.39 is 10.2 Å². The first-order valence-electron chi connectivity index (χ1n) is 4.53. The Bertz CT molecular complexity index is 335. The smallest absolute Gasteiger partial charge is 0.277 e. The topological polar surface area (TPSA) is 83.7 Å². The maximum Gasteiger partial charge on any atom is 0.277 e. The van der Waals surface area contributed by atoms with Gasteiger partial charge in [-0.25, -0.2) is 5.14 Å². The van der Waals surface area contributed by atoms with E-state index in [0.29, 0.717) is 13.1 Å². The highest BCUT2D eigenvalue weighted by atomic mass is 79.9. The Morgan fingerprint density at radius 1 is 1.33 bits per heavy atom. The van der Waals surface area contributed by atoms with Crippen molar-refractivity contribution >= 4 is 32.0 Å². The predicted molar refractivity (Wildman–Crippen MR) is 59.6 cm³/mol. The van der Waals surface area contributed by atoms with Crippen LogP contribution in [-0.2, 0) is 15.0 Å². The number of nitrogens with zero attached hydrogens (tertiary/aromatic N) is 2. The third-order valence-electron chi connectivity index (χ3n) is 2.25. The molecule has 0 spiro atoms. The minimum Gasteiger partial charge on any atom is -0.339 e. The van der Waals surface area contributed by atoms with Crippen LogP contribution >= 0.6 is 15.9 Å². The highest BCUT2D eigenvalue weighted by Gasteiger charge is 2.27. The Morgan fingerprint density at radius 2 is 1.80 bits per heavy atom. The first-order valence-corrected chi connectivity index (χ1v) is 6.95. The van der Waals surface area contributed by atoms with Gasteiger partial charge in [0.05, 0.1) is 4.83 Å². The van der Waals surface area contributed by atoms with E-state index in [0.717, 1.165) is 0 Å². The molecule has 1 fully saturated rings. The molecule has 6 nitrogen and oxygen atoms in total. The molecule has 1 heterocycles. The molecule has 0 aromatic rings. The molecule has 0 aromatic carbocycles. The summed E-state index contributed by atoms with van der Waals surface area (Å²) < 4.78 is 23.2. The third-order valence-corrected chi connectivity index (χ3v) is 3.73. The van der Waals surface area contributed by atoms with Crippen LogP contribution < -0.4 is 5.14 Å². The molecule has 0 aliphatic carbocycles. The second-order valence-corrected chi connectivity index (χ2v) is 6.31. The number of rotatable bonds is 2. The van der Waals surface area contributed by atoms with Crippen LogP contribution in [0.2, 0.25) is 0 Å². The molecule has 1 aliphatic rings. The van der Waals surface area contributed by atoms with Crippen molar-refractivity contribution in [2.24, 2.45) is 5.14 Å². The summed E-state index contributed by atoms with van der Waals surface area (Å²) in [6.07, 6.45) is 0. The van der Waals surface area contributed by atoms with Crippen LogP contribution in [0.3, 0.4) is 0 Å². The molecule has 1 unspecified atom stereocenters. The molecule has 15 heavy (non-hydrogen) atoms. The zero-order valence-electron chi connectivity index (χ0n) is 8.39. The van der Waals surface area contributed by atoms with Gasteiger partial charge < -0.3 is 4.90 Å². The average Bonchev–Trinajstić information content (AvgIpc) is 2.15. The molecular formula is C7H14BrN3O3S. The van der Waals surface area contributed by atoms with Crippen LogP contribution in [-0.4, -0.2) is 54.5 Å². The van der Waals surface area contributed by atoms with Gasteiger partial charge in [0.1, 0.15) is 0 Å². The maximum atomic E-state index is 11.5. The first-order chi connectivity index (χ1) is 6.82. The van der Waals surface area contributed by atoms with Gasteiger partial charge in [0.15, 0.2) is 0 Å². The molecule has 1 amide bonds. The Labute approximate surface area is 97.7 Å². The fourth-order valence-electron chi connectivity index (χ4n) is 1.41. The van der Waals surface area contributed by atoms with Crippen molar-refractivity contribution in [2.75, 3.05) is 26.2 Å². The number of hydrogen-bond donors (Lipinski definition) is 1. The summed E-state index contributed by atoms with van der Waals surface area (Å²) in [6.45, 7) is 3.07. The summed E-state index contributed by atoms with van der Waals surface area (Å²) in [5.74, 6) is -0.0240. The molecule has 1 rings (SSSR count). The van der Waals surface area contributed by atoms with Gasteiger partial charge in [0.2, 0.25) is 5.91 Å². The van der Waals surface area contributed by atoms with Crippen molar-refractivity contribution < 1.29 is 13.2 Å². The van der Waals surface area contributed by atoms with Crippen LogP contribution in [0, 0.1) is 0 Å². The van der Waals surface area contributed by atoms with E-state index in [2.05, 4.69) is 15.9 Å². The molecule has 1 saturated heterocycles. The van der Waals surface area contributed by atoms with E-state index >= 15 is 0 Å². The van der Waals surface area contributed by atoms with Gasteiger partial charge in [0.25, 0.3) is 10.2 Å². The summed E-state index contributed by atoms with van der Waals surface area (Å²) in [7, 11) is -3.61. The Morgan fingerprint density at radius 3 is 2.13 bits per heavy atom. The largest absolute Gasteiger partial charge is 0.339 e. The minimum atomic E-state index is -3.61. The number of carbonyl (C=O) groups is 1. The second-order valence-electron chi connectivity index (χ2n) is 3.39. The first kappa shape index (κ1) is 12.9. The molecule has 8 heteroatoms. The highest BCUT2D eigenvalue weighted by molar-refractivity contribution is 9.10. The van der Waals surface area contributed by atoms with Crippen LogP contribution in [0.1, 0.15) is 6.92 Å². The standard InChI is InChI=1S/C7H14BrN3O3S/c1-6(8)7(12)10-2-4-11(5-3-10)15(9,13)14/h6H,2-5H2,1H3,(H2,9,13,14). The van der Waals surface area contributed by atoms with Gasteiger partial charge in [-0.2, -0.15) is 12.7 Å². The quantitative estimate of drug-likeness (QED) is 0.672. The van der Waals surface area contributed by atoms with Gasteiger partial charge in [-0.1, -0.05) is 15.9 Å². The Balaban J connectivity index is 2.53. The number of alkyl halides is 1. The number of hydrogen-bond acceptors (Lipinski definition) is 3. The molecule has 2 N–H and O–H groups in total. The van der Waals surface area contributed by atoms with Crippen molar-refractivity contribution in [1.82, 2.24) is 9.21 Å². The molecule has 0 bridgehead atoms. The Kier molecular flexibility index (Phi) is 4.10. The van der Waals surface area contributed by atoms with Crippen LogP contribution in [0.15, 0.2) is 0 Å². The van der Waals surface area contributed by atoms with Gasteiger partial charge >= 0.3 is 0 Å². The van der Waals surface area contributed by atoms with Crippen molar-refractivity contribution in [3.63, 3.8) is 0 Å². The summed E-state index contributed by atoms with van der Waals surface area (Å²) in [5, 5.41) is 4.98. The monoisotopic (exact) mass is 299 g/mol. The second kappa shape index (κ2) is 4.77. The molecule has 1 atom stereocenters. The normalized spacial score (nSPS) is 21.4. The van der Waals surface area contributed by atoms with E-state index in [-0.39, 0.29) is 23.8 Å². The minimum absolute atomic E-state index is 0.0240. The summed E-state index contributed by atoms with van der Waals surface area (Å²) >= 11 is 3.18. The molecular weight excluding hydrogens is 286 g/mol. The number of carbonyl (C=O) groups excluding carboxylic acids is 1. The fraction of sp³-hybridized carbons (Fsp3) is 0.857. The lowest BCUT2D eigenvalue weighted by Crippen LogP contribution is -2.53. The van der Waals surface area contributed by atoms with E-state index in [9.17, 15) is 13.2 Å². The van der Waals surface area contributed by atoms with Crippen LogP contribution in [0.4, 0.5) is 0 Å². The van der Waals surface area contributed by atoms with Crippen molar-refractivity contribution in [1.29, 1.82) is 0 Å². The zero-order chi connectivity index (χ0) is 11.6. The summed E-state index contributed by atoms with van der Waals surface area (Å²) in [5.41, 5.74) is 0. The number of halogens is 1. The average molecular weight is 300 g/mol. The van der Waals surface area contributed by atoms with Gasteiger partial charge in [-0.15, -0.1) is 0 Å². The number of nitrogens with two attached hydrogens (primary N) is 1. The number of piperazine rings is 1. The van der Waals surface area contributed by atoms with Crippen LogP contribution in [0.25, 0.3) is 0 Å². The number of amides is 1. The maximum absolute atomic E-state index is 11.5. The van der Waals surface area contributed by atoms with E-state index in [1.54, 1.807) is 11.8 Å².